The molecule has 6 nitrogen and oxygen atoms in total. The van der Waals surface area contributed by atoms with Gasteiger partial charge in [-0.05, 0) is 12.1 Å². The van der Waals surface area contributed by atoms with Gasteiger partial charge in [-0.15, -0.1) is 0 Å². The second kappa shape index (κ2) is 3.25. The van der Waals surface area contributed by atoms with Crippen molar-refractivity contribution in [3.05, 3.63) is 23.3 Å². The summed E-state index contributed by atoms with van der Waals surface area (Å²) in [7, 11) is 0. The Morgan fingerprint density at radius 1 is 0.857 bits per heavy atom. The van der Waals surface area contributed by atoms with Gasteiger partial charge in [0.1, 0.15) is 0 Å². The quantitative estimate of drug-likeness (QED) is 0.450. The summed E-state index contributed by atoms with van der Waals surface area (Å²) in [5.74, 6) is -1.41. The SMILES string of the molecule is NC(=O)c1ccc(C(N)=O)c(N)c1N. The van der Waals surface area contributed by atoms with Crippen LogP contribution in [0.4, 0.5) is 11.4 Å². The second-order valence-corrected chi connectivity index (χ2v) is 2.72. The Morgan fingerprint density at radius 3 is 1.36 bits per heavy atom. The molecule has 0 heterocycles. The van der Waals surface area contributed by atoms with Crippen LogP contribution in [0.5, 0.6) is 0 Å². The predicted molar refractivity (Wildman–Crippen MR) is 52.3 cm³/mol. The van der Waals surface area contributed by atoms with Gasteiger partial charge in [0, 0.05) is 0 Å². The molecular formula is C8H10N4O2. The number of hydrogen-bond acceptors (Lipinski definition) is 4. The highest BCUT2D eigenvalue weighted by molar-refractivity contribution is 6.06. The smallest absolute Gasteiger partial charge is 0.250 e. The molecule has 0 unspecified atom stereocenters. The van der Waals surface area contributed by atoms with Gasteiger partial charge in [-0.1, -0.05) is 0 Å². The number of amides is 2. The maximum absolute atomic E-state index is 10.8. The van der Waals surface area contributed by atoms with Crippen molar-refractivity contribution in [2.24, 2.45) is 11.5 Å². The fraction of sp³-hybridized carbons (Fsp3) is 0. The maximum Gasteiger partial charge on any atom is 0.250 e. The largest absolute Gasteiger partial charge is 0.396 e. The first-order chi connectivity index (χ1) is 6.45. The predicted octanol–water partition coefficient (Wildman–Crippen LogP) is -0.951. The highest BCUT2D eigenvalue weighted by atomic mass is 16.1. The zero-order valence-corrected chi connectivity index (χ0v) is 7.28. The molecule has 0 aliphatic rings. The Balaban J connectivity index is 3.41. The van der Waals surface area contributed by atoms with Gasteiger partial charge < -0.3 is 22.9 Å². The molecule has 1 aromatic carbocycles. The van der Waals surface area contributed by atoms with E-state index in [1.807, 2.05) is 0 Å². The standard InChI is InChI=1S/C8H10N4O2/c9-5-3(7(11)13)1-2-4(6(5)10)8(12)14/h1-2H,9-10H2,(H2,11,13)(H2,12,14). The van der Waals surface area contributed by atoms with Crippen molar-refractivity contribution in [3.63, 3.8) is 0 Å². The number of benzene rings is 1. The van der Waals surface area contributed by atoms with Gasteiger partial charge >= 0.3 is 0 Å². The number of primary amides is 2. The van der Waals surface area contributed by atoms with Gasteiger partial charge in [0.25, 0.3) is 11.8 Å². The minimum atomic E-state index is -0.703. The molecule has 0 spiro atoms. The van der Waals surface area contributed by atoms with Crippen LogP contribution in [0.1, 0.15) is 20.7 Å². The molecule has 0 aliphatic heterocycles. The normalized spacial score (nSPS) is 9.71. The Bertz CT molecular complexity index is 375. The van der Waals surface area contributed by atoms with Crippen LogP contribution in [0, 0.1) is 0 Å². The number of nitrogens with two attached hydrogens (primary N) is 4. The van der Waals surface area contributed by atoms with Crippen molar-refractivity contribution in [2.45, 2.75) is 0 Å². The first-order valence-corrected chi connectivity index (χ1v) is 3.72. The van der Waals surface area contributed by atoms with E-state index >= 15 is 0 Å². The lowest BCUT2D eigenvalue weighted by atomic mass is 10.1. The lowest BCUT2D eigenvalue weighted by molar-refractivity contribution is 0.0989. The van der Waals surface area contributed by atoms with Gasteiger partial charge in [0.15, 0.2) is 0 Å². The minimum absolute atomic E-state index is 0.0196. The summed E-state index contributed by atoms with van der Waals surface area (Å²) in [4.78, 5) is 21.7. The molecule has 0 atom stereocenters. The number of nitrogen functional groups attached to an aromatic ring is 2. The lowest BCUT2D eigenvalue weighted by Gasteiger charge is -2.08. The highest BCUT2D eigenvalue weighted by Gasteiger charge is 2.14. The molecule has 6 heteroatoms. The third-order valence-corrected chi connectivity index (χ3v) is 1.82. The van der Waals surface area contributed by atoms with Crippen LogP contribution in [0.3, 0.4) is 0 Å². The lowest BCUT2D eigenvalue weighted by Crippen LogP contribution is -2.19. The van der Waals surface area contributed by atoms with E-state index in [0.29, 0.717) is 0 Å². The number of rotatable bonds is 2. The third kappa shape index (κ3) is 1.45. The molecule has 0 bridgehead atoms. The number of anilines is 2. The Morgan fingerprint density at radius 2 is 1.14 bits per heavy atom. The molecule has 1 rings (SSSR count). The van der Waals surface area contributed by atoms with Crippen LogP contribution in [0.15, 0.2) is 12.1 Å². The average Bonchev–Trinajstić information content (AvgIpc) is 2.08. The van der Waals surface area contributed by atoms with E-state index in [-0.39, 0.29) is 22.5 Å². The fourth-order valence-corrected chi connectivity index (χ4v) is 1.07. The van der Waals surface area contributed by atoms with Crippen LogP contribution in [0.2, 0.25) is 0 Å². The fourth-order valence-electron chi connectivity index (χ4n) is 1.07. The number of carbonyl (C=O) groups is 2. The topological polar surface area (TPSA) is 138 Å². The van der Waals surface area contributed by atoms with Gasteiger partial charge in [-0.3, -0.25) is 9.59 Å². The van der Waals surface area contributed by atoms with Crippen LogP contribution < -0.4 is 22.9 Å². The molecule has 74 valence electrons. The molecule has 0 radical (unpaired) electrons. The van der Waals surface area contributed by atoms with Gasteiger partial charge in [0.05, 0.1) is 22.5 Å². The first-order valence-electron chi connectivity index (χ1n) is 3.72. The maximum atomic E-state index is 10.8. The van der Waals surface area contributed by atoms with Crippen molar-refractivity contribution in [1.82, 2.24) is 0 Å². The summed E-state index contributed by atoms with van der Waals surface area (Å²) >= 11 is 0. The van der Waals surface area contributed by atoms with Crippen LogP contribution in [-0.4, -0.2) is 11.8 Å². The summed E-state index contributed by atoms with van der Waals surface area (Å²) < 4.78 is 0. The molecule has 2 amide bonds. The minimum Gasteiger partial charge on any atom is -0.396 e. The Labute approximate surface area is 79.8 Å². The molecular weight excluding hydrogens is 184 g/mol. The summed E-state index contributed by atoms with van der Waals surface area (Å²) in [6, 6.07) is 2.63. The van der Waals surface area contributed by atoms with E-state index in [9.17, 15) is 9.59 Å². The van der Waals surface area contributed by atoms with E-state index in [0.717, 1.165) is 0 Å². The van der Waals surface area contributed by atoms with Crippen molar-refractivity contribution in [2.75, 3.05) is 11.5 Å². The van der Waals surface area contributed by atoms with E-state index in [4.69, 9.17) is 22.9 Å². The molecule has 0 aliphatic carbocycles. The molecule has 0 fully saturated rings. The van der Waals surface area contributed by atoms with E-state index in [1.165, 1.54) is 12.1 Å². The number of hydrogen-bond donors (Lipinski definition) is 4. The average molecular weight is 194 g/mol. The van der Waals surface area contributed by atoms with Gasteiger partial charge in [0.2, 0.25) is 0 Å². The van der Waals surface area contributed by atoms with Crippen molar-refractivity contribution >= 4 is 23.2 Å². The van der Waals surface area contributed by atoms with E-state index in [2.05, 4.69) is 0 Å². The molecule has 8 N–H and O–H groups in total. The summed E-state index contributed by atoms with van der Waals surface area (Å²) in [6.45, 7) is 0. The number of carbonyl (C=O) groups excluding carboxylic acids is 2. The van der Waals surface area contributed by atoms with Gasteiger partial charge in [-0.2, -0.15) is 0 Å². The van der Waals surface area contributed by atoms with Gasteiger partial charge in [-0.25, -0.2) is 0 Å². The monoisotopic (exact) mass is 194 g/mol. The zero-order chi connectivity index (χ0) is 10.9. The summed E-state index contributed by atoms with van der Waals surface area (Å²) in [5, 5.41) is 0. The molecule has 14 heavy (non-hydrogen) atoms. The van der Waals surface area contributed by atoms with E-state index < -0.39 is 11.8 Å². The van der Waals surface area contributed by atoms with Crippen molar-refractivity contribution < 1.29 is 9.59 Å². The van der Waals surface area contributed by atoms with Crippen LogP contribution in [-0.2, 0) is 0 Å². The second-order valence-electron chi connectivity index (χ2n) is 2.72. The molecule has 0 saturated heterocycles. The van der Waals surface area contributed by atoms with Crippen molar-refractivity contribution in [3.8, 4) is 0 Å². The highest BCUT2D eigenvalue weighted by Crippen LogP contribution is 2.23. The van der Waals surface area contributed by atoms with E-state index in [1.54, 1.807) is 0 Å². The van der Waals surface area contributed by atoms with Crippen LogP contribution >= 0.6 is 0 Å². The molecule has 1 aromatic rings. The molecule has 0 aromatic heterocycles. The summed E-state index contributed by atoms with van der Waals surface area (Å²) in [5.41, 5.74) is 21.1. The van der Waals surface area contributed by atoms with Crippen LogP contribution in [0.25, 0.3) is 0 Å². The first kappa shape index (κ1) is 9.85. The third-order valence-electron chi connectivity index (χ3n) is 1.82. The van der Waals surface area contributed by atoms with Crippen molar-refractivity contribution in [1.29, 1.82) is 0 Å². The Kier molecular flexibility index (Phi) is 2.29. The summed E-state index contributed by atoms with van der Waals surface area (Å²) in [6.07, 6.45) is 0. The Hall–Kier alpha value is -2.24. The zero-order valence-electron chi connectivity index (χ0n) is 7.28. The molecule has 0 saturated carbocycles.